The topological polar surface area (TPSA) is 78.0 Å². The number of allylic oxidation sites excluding steroid dienone is 2. The van der Waals surface area contributed by atoms with Gasteiger partial charge in [0.2, 0.25) is 0 Å². The zero-order valence-electron chi connectivity index (χ0n) is 18.5. The van der Waals surface area contributed by atoms with Gasteiger partial charge in [-0.2, -0.15) is 0 Å². The lowest BCUT2D eigenvalue weighted by molar-refractivity contribution is 0.564. The van der Waals surface area contributed by atoms with E-state index in [0.29, 0.717) is 6.54 Å². The lowest BCUT2D eigenvalue weighted by Gasteiger charge is -2.26. The molecule has 33 heavy (non-hydrogen) atoms. The van der Waals surface area contributed by atoms with E-state index in [-0.39, 0.29) is 12.1 Å². The second-order valence-electron chi connectivity index (χ2n) is 8.09. The van der Waals surface area contributed by atoms with Crippen LogP contribution in [0.2, 0.25) is 0 Å². The lowest BCUT2D eigenvalue weighted by atomic mass is 9.94. The molecule has 0 spiro atoms. The third-order valence-corrected chi connectivity index (χ3v) is 5.86. The predicted octanol–water partition coefficient (Wildman–Crippen LogP) is 3.99. The molecule has 164 valence electrons. The van der Waals surface area contributed by atoms with E-state index in [2.05, 4.69) is 51.7 Å². The van der Waals surface area contributed by atoms with Crippen LogP contribution in [0, 0.1) is 12.3 Å². The number of H-pyrrole nitrogens is 1. The maximum atomic E-state index is 5.54. The average Bonchev–Trinajstić information content (AvgIpc) is 3.32. The molecule has 0 radical (unpaired) electrons. The fourth-order valence-corrected chi connectivity index (χ4v) is 4.13. The molecule has 1 aliphatic heterocycles. The number of benzene rings is 1. The van der Waals surface area contributed by atoms with E-state index in [1.807, 2.05) is 48.7 Å². The summed E-state index contributed by atoms with van der Waals surface area (Å²) in [6, 6.07) is 14.2. The number of aromatic nitrogens is 3. The zero-order valence-corrected chi connectivity index (χ0v) is 18.5. The highest BCUT2D eigenvalue weighted by Crippen LogP contribution is 2.30. The van der Waals surface area contributed by atoms with E-state index < -0.39 is 0 Å². The van der Waals surface area contributed by atoms with E-state index >= 15 is 0 Å². The second-order valence-corrected chi connectivity index (χ2v) is 8.09. The standard InChI is InChI=1S/C27H26N6/c1-3-18-7-5-9-21(15-18)30-17-25-32-26(19-11-12-22-24(16-19)29-14-13-28-22)27(33-25)23-10-6-8-20(4-2)31-23/h1,5-12,14-16,22,24,28,30H,4,13,17H2,2H3,(H,32,33). The van der Waals surface area contributed by atoms with Gasteiger partial charge in [0.15, 0.2) is 0 Å². The van der Waals surface area contributed by atoms with Crippen molar-refractivity contribution in [3.05, 3.63) is 83.5 Å². The number of fused-ring (bicyclic) bond motifs is 1. The van der Waals surface area contributed by atoms with Crippen LogP contribution in [0.4, 0.5) is 5.69 Å². The molecular formula is C27H26N6. The van der Waals surface area contributed by atoms with Crippen LogP contribution < -0.4 is 10.6 Å². The Balaban J connectivity index is 1.49. The van der Waals surface area contributed by atoms with E-state index in [9.17, 15) is 0 Å². The number of nitrogens with one attached hydrogen (secondary N) is 3. The summed E-state index contributed by atoms with van der Waals surface area (Å²) < 4.78 is 0. The van der Waals surface area contributed by atoms with E-state index in [1.165, 1.54) is 0 Å². The minimum absolute atomic E-state index is 0.0753. The van der Waals surface area contributed by atoms with Gasteiger partial charge < -0.3 is 15.6 Å². The number of hydrogen-bond acceptors (Lipinski definition) is 5. The molecule has 2 atom stereocenters. The third-order valence-electron chi connectivity index (χ3n) is 5.86. The van der Waals surface area contributed by atoms with Gasteiger partial charge in [-0.15, -0.1) is 6.42 Å². The first-order valence-electron chi connectivity index (χ1n) is 11.2. The first-order valence-corrected chi connectivity index (χ1v) is 11.2. The van der Waals surface area contributed by atoms with Gasteiger partial charge >= 0.3 is 0 Å². The monoisotopic (exact) mass is 434 g/mol. The molecule has 6 nitrogen and oxygen atoms in total. The molecule has 1 aliphatic carbocycles. The lowest BCUT2D eigenvalue weighted by Crippen LogP contribution is -2.42. The largest absolute Gasteiger partial charge is 0.378 e. The maximum absolute atomic E-state index is 5.54. The molecule has 0 bridgehead atoms. The molecule has 0 amide bonds. The number of aromatic amines is 1. The number of imidazole rings is 1. The summed E-state index contributed by atoms with van der Waals surface area (Å²) in [5, 5.41) is 6.88. The molecule has 2 aliphatic rings. The Morgan fingerprint density at radius 3 is 2.97 bits per heavy atom. The summed E-state index contributed by atoms with van der Waals surface area (Å²) in [4.78, 5) is 18.0. The fourth-order valence-electron chi connectivity index (χ4n) is 4.13. The Morgan fingerprint density at radius 2 is 2.09 bits per heavy atom. The van der Waals surface area contributed by atoms with E-state index in [0.717, 1.165) is 58.4 Å². The van der Waals surface area contributed by atoms with Crippen molar-refractivity contribution in [2.45, 2.75) is 32.0 Å². The van der Waals surface area contributed by atoms with Gasteiger partial charge in [0.1, 0.15) is 5.82 Å². The highest BCUT2D eigenvalue weighted by molar-refractivity contribution is 5.83. The van der Waals surface area contributed by atoms with Crippen LogP contribution in [0.1, 0.15) is 29.7 Å². The van der Waals surface area contributed by atoms with Crippen molar-refractivity contribution < 1.29 is 0 Å². The molecule has 0 saturated heterocycles. The van der Waals surface area contributed by atoms with Gasteiger partial charge in [-0.05, 0) is 42.8 Å². The van der Waals surface area contributed by atoms with Crippen molar-refractivity contribution in [1.29, 1.82) is 0 Å². The normalized spacial score (nSPS) is 19.0. The first-order chi connectivity index (χ1) is 16.2. The quantitative estimate of drug-likeness (QED) is 0.513. The summed E-state index contributed by atoms with van der Waals surface area (Å²) >= 11 is 0. The van der Waals surface area contributed by atoms with Crippen LogP contribution in [0.15, 0.2) is 65.7 Å². The Hall–Kier alpha value is -3.95. The third kappa shape index (κ3) is 4.50. The number of rotatable bonds is 6. The van der Waals surface area contributed by atoms with Gasteiger partial charge in [0.05, 0.1) is 35.7 Å². The summed E-state index contributed by atoms with van der Waals surface area (Å²) in [5.74, 6) is 3.50. The van der Waals surface area contributed by atoms with Crippen LogP contribution in [0.3, 0.4) is 0 Å². The molecule has 6 heteroatoms. The van der Waals surface area contributed by atoms with Gasteiger partial charge in [-0.1, -0.05) is 37.1 Å². The molecule has 3 aromatic rings. The number of terminal acetylenes is 1. The predicted molar refractivity (Wildman–Crippen MR) is 134 cm³/mol. The summed E-state index contributed by atoms with van der Waals surface area (Å²) in [6.45, 7) is 3.45. The van der Waals surface area contributed by atoms with E-state index in [1.54, 1.807) is 0 Å². The van der Waals surface area contributed by atoms with Gasteiger partial charge in [-0.3, -0.25) is 9.98 Å². The molecule has 3 heterocycles. The number of hydrogen-bond donors (Lipinski definition) is 3. The van der Waals surface area contributed by atoms with Crippen LogP contribution in [0.25, 0.3) is 17.0 Å². The highest BCUT2D eigenvalue weighted by atomic mass is 15.0. The van der Waals surface area contributed by atoms with Crippen molar-refractivity contribution >= 4 is 17.5 Å². The second kappa shape index (κ2) is 9.27. The van der Waals surface area contributed by atoms with Crippen LogP contribution in [0.5, 0.6) is 0 Å². The van der Waals surface area contributed by atoms with Crippen LogP contribution in [-0.2, 0) is 13.0 Å². The minimum Gasteiger partial charge on any atom is -0.378 e. The molecular weight excluding hydrogens is 408 g/mol. The Bertz CT molecular complexity index is 1290. The van der Waals surface area contributed by atoms with Crippen molar-refractivity contribution in [2.75, 3.05) is 11.9 Å². The summed E-state index contributed by atoms with van der Waals surface area (Å²) in [5.41, 5.74) is 6.59. The van der Waals surface area contributed by atoms with Crippen LogP contribution >= 0.6 is 0 Å². The molecule has 3 N–H and O–H groups in total. The van der Waals surface area contributed by atoms with Crippen molar-refractivity contribution in [2.24, 2.45) is 4.99 Å². The fraction of sp³-hybridized carbons (Fsp3) is 0.222. The maximum Gasteiger partial charge on any atom is 0.126 e. The Labute approximate surface area is 194 Å². The summed E-state index contributed by atoms with van der Waals surface area (Å²) in [7, 11) is 0. The Kier molecular flexibility index (Phi) is 5.88. The van der Waals surface area contributed by atoms with Gasteiger partial charge in [0.25, 0.3) is 0 Å². The number of pyridine rings is 1. The highest BCUT2D eigenvalue weighted by Gasteiger charge is 2.25. The van der Waals surface area contributed by atoms with Crippen molar-refractivity contribution in [1.82, 2.24) is 20.3 Å². The SMILES string of the molecule is C#Cc1cccc(NCc2nc(C3=CC4N=CCNC4C=C3)c(-c3cccc(CC)n3)[nH]2)c1. The number of aliphatic imine (C=N–C) groups is 1. The van der Waals surface area contributed by atoms with Gasteiger partial charge in [-0.25, -0.2) is 4.98 Å². The molecule has 0 fully saturated rings. The molecule has 1 aromatic carbocycles. The molecule has 5 rings (SSSR count). The van der Waals surface area contributed by atoms with Gasteiger partial charge in [0, 0.05) is 35.3 Å². The van der Waals surface area contributed by atoms with E-state index in [4.69, 9.17) is 16.4 Å². The average molecular weight is 435 g/mol. The van der Waals surface area contributed by atoms with Crippen LogP contribution in [-0.4, -0.2) is 39.8 Å². The zero-order chi connectivity index (χ0) is 22.6. The number of aryl methyl sites for hydroxylation is 1. The molecule has 2 unspecified atom stereocenters. The minimum atomic E-state index is 0.0753. The molecule has 2 aromatic heterocycles. The smallest absolute Gasteiger partial charge is 0.126 e. The Morgan fingerprint density at radius 1 is 1.18 bits per heavy atom. The van der Waals surface area contributed by atoms with Crippen molar-refractivity contribution in [3.63, 3.8) is 0 Å². The molecule has 0 saturated carbocycles. The van der Waals surface area contributed by atoms with Crippen molar-refractivity contribution in [3.8, 4) is 23.7 Å². The number of anilines is 1. The first kappa shape index (κ1) is 20.9. The number of nitrogens with zero attached hydrogens (tertiary/aromatic N) is 3. The summed E-state index contributed by atoms with van der Waals surface area (Å²) in [6.07, 6.45) is 14.8.